The van der Waals surface area contributed by atoms with Gasteiger partial charge >= 0.3 is 0 Å². The zero-order valence-electron chi connectivity index (χ0n) is 19.9. The van der Waals surface area contributed by atoms with Crippen LogP contribution in [0.25, 0.3) is 16.9 Å². The number of benzene rings is 3. The minimum absolute atomic E-state index is 0.151. The fourth-order valence-corrected chi connectivity index (χ4v) is 5.31. The van der Waals surface area contributed by atoms with E-state index in [0.29, 0.717) is 11.5 Å². The third kappa shape index (κ3) is 5.50. The summed E-state index contributed by atoms with van der Waals surface area (Å²) < 4.78 is 29.3. The van der Waals surface area contributed by atoms with Crippen molar-refractivity contribution in [2.75, 3.05) is 11.9 Å². The molecule has 0 aliphatic heterocycles. The molecule has 0 aliphatic rings. The quantitative estimate of drug-likeness (QED) is 0.383. The number of nitrogens with zero attached hydrogens (tertiary/aromatic N) is 3. The normalized spacial score (nSPS) is 11.7. The van der Waals surface area contributed by atoms with Gasteiger partial charge in [-0.05, 0) is 45.0 Å². The van der Waals surface area contributed by atoms with E-state index in [1.807, 2.05) is 61.5 Å². The number of aromatic nitrogens is 2. The molecule has 4 aromatic rings. The lowest BCUT2D eigenvalue weighted by Gasteiger charge is -2.25. The molecule has 4 rings (SSSR count). The van der Waals surface area contributed by atoms with E-state index in [-0.39, 0.29) is 11.4 Å². The van der Waals surface area contributed by atoms with Crippen LogP contribution in [0, 0.1) is 6.92 Å². The van der Waals surface area contributed by atoms with E-state index in [1.54, 1.807) is 42.8 Å². The van der Waals surface area contributed by atoms with Crippen molar-refractivity contribution >= 4 is 21.7 Å². The van der Waals surface area contributed by atoms with Crippen molar-refractivity contribution in [2.45, 2.75) is 31.7 Å². The molecule has 0 saturated heterocycles. The van der Waals surface area contributed by atoms with Crippen molar-refractivity contribution < 1.29 is 13.2 Å². The highest BCUT2D eigenvalue weighted by Gasteiger charge is 2.29. The smallest absolute Gasteiger partial charge is 0.243 e. The molecular weight excluding hydrogens is 460 g/mol. The van der Waals surface area contributed by atoms with E-state index in [4.69, 9.17) is 5.10 Å². The third-order valence-corrected chi connectivity index (χ3v) is 7.59. The second-order valence-corrected chi connectivity index (χ2v) is 10.4. The standard InChI is InChI=1S/C27H28N4O3S/c1-20(2)30(35(33,34)24-12-8-5-9-13-24)19-27(32)28-26-18-25(22-10-6-4-7-11-22)29-31(26)23-16-14-21(3)15-17-23/h4-18,20H,19H2,1-3H3,(H,28,32). The number of aryl methyl sites for hydroxylation is 1. The maximum atomic E-state index is 13.2. The lowest BCUT2D eigenvalue weighted by atomic mass is 10.1. The summed E-state index contributed by atoms with van der Waals surface area (Å²) in [6, 6.07) is 27.0. The Balaban J connectivity index is 1.65. The van der Waals surface area contributed by atoms with Gasteiger partial charge in [-0.3, -0.25) is 4.79 Å². The van der Waals surface area contributed by atoms with Crippen LogP contribution < -0.4 is 5.32 Å². The maximum absolute atomic E-state index is 13.2. The first kappa shape index (κ1) is 24.4. The molecule has 8 heteroatoms. The van der Waals surface area contributed by atoms with Gasteiger partial charge in [0, 0.05) is 17.7 Å². The molecule has 0 radical (unpaired) electrons. The fraction of sp³-hybridized carbons (Fsp3) is 0.185. The Morgan fingerprint density at radius 2 is 1.54 bits per heavy atom. The van der Waals surface area contributed by atoms with Gasteiger partial charge in [-0.1, -0.05) is 66.2 Å². The van der Waals surface area contributed by atoms with E-state index in [1.165, 1.54) is 16.4 Å². The topological polar surface area (TPSA) is 84.3 Å². The Morgan fingerprint density at radius 1 is 0.943 bits per heavy atom. The lowest BCUT2D eigenvalue weighted by Crippen LogP contribution is -2.42. The van der Waals surface area contributed by atoms with Crippen molar-refractivity contribution in [1.82, 2.24) is 14.1 Å². The molecule has 7 nitrogen and oxygen atoms in total. The van der Waals surface area contributed by atoms with Gasteiger partial charge < -0.3 is 5.32 Å². The molecular formula is C27H28N4O3S. The molecule has 0 unspecified atom stereocenters. The molecule has 0 saturated carbocycles. The van der Waals surface area contributed by atoms with Crippen LogP contribution in [0.3, 0.4) is 0 Å². The summed E-state index contributed by atoms with van der Waals surface area (Å²) in [4.78, 5) is 13.3. The fourth-order valence-electron chi connectivity index (χ4n) is 3.70. The minimum atomic E-state index is -3.84. The summed E-state index contributed by atoms with van der Waals surface area (Å²) in [6.45, 7) is 5.17. The van der Waals surface area contributed by atoms with Gasteiger partial charge in [0.25, 0.3) is 0 Å². The summed E-state index contributed by atoms with van der Waals surface area (Å²) in [5.74, 6) is 0.00426. The Labute approximate surface area is 206 Å². The molecule has 3 aromatic carbocycles. The Hall–Kier alpha value is -3.75. The van der Waals surface area contributed by atoms with Crippen LogP contribution >= 0.6 is 0 Å². The number of rotatable bonds is 8. The van der Waals surface area contributed by atoms with E-state index < -0.39 is 22.0 Å². The van der Waals surface area contributed by atoms with Crippen molar-refractivity contribution in [3.63, 3.8) is 0 Å². The van der Waals surface area contributed by atoms with Crippen molar-refractivity contribution in [3.05, 3.63) is 96.6 Å². The van der Waals surface area contributed by atoms with Crippen molar-refractivity contribution in [1.29, 1.82) is 0 Å². The Kier molecular flexibility index (Phi) is 7.14. The summed E-state index contributed by atoms with van der Waals surface area (Å²) in [5, 5.41) is 7.59. The Bertz CT molecular complexity index is 1400. The third-order valence-electron chi connectivity index (χ3n) is 5.55. The number of sulfonamides is 1. The number of amides is 1. The first-order valence-electron chi connectivity index (χ1n) is 11.3. The second-order valence-electron chi connectivity index (χ2n) is 8.53. The molecule has 0 fully saturated rings. The van der Waals surface area contributed by atoms with Gasteiger partial charge in [0.15, 0.2) is 0 Å². The Morgan fingerprint density at radius 3 is 2.14 bits per heavy atom. The molecule has 1 N–H and O–H groups in total. The molecule has 0 aliphatic carbocycles. The highest BCUT2D eigenvalue weighted by Crippen LogP contribution is 2.25. The molecule has 0 bridgehead atoms. The molecule has 180 valence electrons. The SMILES string of the molecule is Cc1ccc(-n2nc(-c3ccccc3)cc2NC(=O)CN(C(C)C)S(=O)(=O)c2ccccc2)cc1. The van der Waals surface area contributed by atoms with E-state index in [0.717, 1.165) is 16.8 Å². The zero-order valence-corrected chi connectivity index (χ0v) is 20.7. The van der Waals surface area contributed by atoms with Crippen LogP contribution in [0.2, 0.25) is 0 Å². The number of hydrogen-bond donors (Lipinski definition) is 1. The maximum Gasteiger partial charge on any atom is 0.243 e. The highest BCUT2D eigenvalue weighted by atomic mass is 32.2. The number of anilines is 1. The van der Waals surface area contributed by atoms with E-state index >= 15 is 0 Å². The monoisotopic (exact) mass is 488 g/mol. The van der Waals surface area contributed by atoms with E-state index in [9.17, 15) is 13.2 Å². The summed E-state index contributed by atoms with van der Waals surface area (Å²) in [6.07, 6.45) is 0. The summed E-state index contributed by atoms with van der Waals surface area (Å²) in [5.41, 5.74) is 3.49. The van der Waals surface area contributed by atoms with Crippen LogP contribution in [0.15, 0.2) is 95.9 Å². The highest BCUT2D eigenvalue weighted by molar-refractivity contribution is 7.89. The van der Waals surface area contributed by atoms with Crippen molar-refractivity contribution in [3.8, 4) is 16.9 Å². The van der Waals surface area contributed by atoms with E-state index in [2.05, 4.69) is 5.32 Å². The molecule has 0 atom stereocenters. The summed E-state index contributed by atoms with van der Waals surface area (Å²) >= 11 is 0. The largest absolute Gasteiger partial charge is 0.309 e. The van der Waals surface area contributed by atoms with Gasteiger partial charge in [-0.2, -0.15) is 9.40 Å². The molecule has 35 heavy (non-hydrogen) atoms. The number of hydrogen-bond acceptors (Lipinski definition) is 4. The average Bonchev–Trinajstić information content (AvgIpc) is 3.27. The van der Waals surface area contributed by atoms with Gasteiger partial charge in [0.2, 0.25) is 15.9 Å². The van der Waals surface area contributed by atoms with Gasteiger partial charge in [0.1, 0.15) is 5.82 Å². The predicted octanol–water partition coefficient (Wildman–Crippen LogP) is 4.89. The van der Waals surface area contributed by atoms with Crippen LogP contribution in [0.4, 0.5) is 5.82 Å². The lowest BCUT2D eigenvalue weighted by molar-refractivity contribution is -0.116. The molecule has 1 aromatic heterocycles. The van der Waals surface area contributed by atoms with Crippen LogP contribution in [0.5, 0.6) is 0 Å². The molecule has 0 spiro atoms. The number of carbonyl (C=O) groups excluding carboxylic acids is 1. The van der Waals surface area contributed by atoms with Crippen LogP contribution in [-0.2, 0) is 14.8 Å². The second kappa shape index (κ2) is 10.2. The first-order valence-corrected chi connectivity index (χ1v) is 12.8. The minimum Gasteiger partial charge on any atom is -0.309 e. The molecule has 1 heterocycles. The van der Waals surface area contributed by atoms with Gasteiger partial charge in [-0.15, -0.1) is 0 Å². The average molecular weight is 489 g/mol. The van der Waals surface area contributed by atoms with Crippen LogP contribution in [0.1, 0.15) is 19.4 Å². The van der Waals surface area contributed by atoms with Crippen LogP contribution in [-0.4, -0.2) is 41.0 Å². The van der Waals surface area contributed by atoms with Gasteiger partial charge in [0.05, 0.1) is 22.8 Å². The number of carbonyl (C=O) groups is 1. The molecule has 1 amide bonds. The number of nitrogens with one attached hydrogen (secondary N) is 1. The van der Waals surface area contributed by atoms with Gasteiger partial charge in [-0.25, -0.2) is 13.1 Å². The summed E-state index contributed by atoms with van der Waals surface area (Å²) in [7, 11) is -3.84. The predicted molar refractivity (Wildman–Crippen MR) is 138 cm³/mol. The van der Waals surface area contributed by atoms with Crippen molar-refractivity contribution in [2.24, 2.45) is 0 Å². The zero-order chi connectivity index (χ0) is 25.0. The first-order chi connectivity index (χ1) is 16.8.